The predicted molar refractivity (Wildman–Crippen MR) is 81.1 cm³/mol. The Labute approximate surface area is 116 Å². The molecule has 1 atom stereocenters. The van der Waals surface area contributed by atoms with E-state index in [1.54, 1.807) is 0 Å². The molecule has 2 rings (SSSR count). The second-order valence-corrected chi connectivity index (χ2v) is 5.32. The molecule has 0 aliphatic carbocycles. The Hall–Kier alpha value is -1.22. The lowest BCUT2D eigenvalue weighted by molar-refractivity contribution is 0.339. The van der Waals surface area contributed by atoms with Crippen molar-refractivity contribution in [1.82, 2.24) is 5.32 Å². The maximum absolute atomic E-state index is 5.70. The quantitative estimate of drug-likeness (QED) is 0.853. The summed E-state index contributed by atoms with van der Waals surface area (Å²) < 4.78 is 5.70. The number of nitrogens with zero attached hydrogens (tertiary/aromatic N) is 1. The fourth-order valence-corrected chi connectivity index (χ4v) is 2.72. The summed E-state index contributed by atoms with van der Waals surface area (Å²) in [6.45, 7) is 6.22. The fraction of sp³-hybridized carbons (Fsp3) is 0.625. The van der Waals surface area contributed by atoms with Crippen LogP contribution in [0.2, 0.25) is 0 Å². The van der Waals surface area contributed by atoms with Gasteiger partial charge in [-0.3, -0.25) is 0 Å². The average molecular weight is 262 g/mol. The van der Waals surface area contributed by atoms with Crippen molar-refractivity contribution in [3.8, 4) is 5.75 Å². The van der Waals surface area contributed by atoms with Crippen molar-refractivity contribution >= 4 is 5.69 Å². The van der Waals surface area contributed by atoms with Crippen molar-refractivity contribution in [1.29, 1.82) is 0 Å². The molecule has 1 unspecified atom stereocenters. The molecule has 106 valence electrons. The van der Waals surface area contributed by atoms with Crippen molar-refractivity contribution < 1.29 is 4.74 Å². The Balaban J connectivity index is 1.89. The molecule has 1 saturated heterocycles. The van der Waals surface area contributed by atoms with E-state index in [0.717, 1.165) is 24.8 Å². The average Bonchev–Trinajstić information content (AvgIpc) is 2.47. The van der Waals surface area contributed by atoms with Crippen molar-refractivity contribution in [2.24, 2.45) is 5.92 Å². The highest BCUT2D eigenvalue weighted by molar-refractivity contribution is 5.57. The molecule has 1 aromatic carbocycles. The number of nitrogens with one attached hydrogen (secondary N) is 1. The van der Waals surface area contributed by atoms with Gasteiger partial charge in [0.05, 0.1) is 12.3 Å². The summed E-state index contributed by atoms with van der Waals surface area (Å²) >= 11 is 0. The first kappa shape index (κ1) is 14.2. The summed E-state index contributed by atoms with van der Waals surface area (Å²) in [5, 5.41) is 3.49. The number of para-hydroxylation sites is 2. The van der Waals surface area contributed by atoms with Crippen LogP contribution in [0, 0.1) is 5.92 Å². The van der Waals surface area contributed by atoms with Gasteiger partial charge < -0.3 is 15.0 Å². The molecule has 19 heavy (non-hydrogen) atoms. The van der Waals surface area contributed by atoms with Gasteiger partial charge >= 0.3 is 0 Å². The van der Waals surface area contributed by atoms with Crippen LogP contribution in [-0.2, 0) is 0 Å². The molecule has 3 heteroatoms. The van der Waals surface area contributed by atoms with E-state index < -0.39 is 0 Å². The molecule has 0 bridgehead atoms. The van der Waals surface area contributed by atoms with Crippen molar-refractivity contribution in [3.63, 3.8) is 0 Å². The molecule has 1 fully saturated rings. The van der Waals surface area contributed by atoms with Gasteiger partial charge in [0.15, 0.2) is 0 Å². The van der Waals surface area contributed by atoms with Gasteiger partial charge in [0.25, 0.3) is 0 Å². The lowest BCUT2D eigenvalue weighted by atomic mass is 9.96. The molecule has 0 radical (unpaired) electrons. The summed E-state index contributed by atoms with van der Waals surface area (Å²) in [6.07, 6.45) is 3.95. The minimum atomic E-state index is 0.720. The van der Waals surface area contributed by atoms with Crippen LogP contribution in [0.15, 0.2) is 24.3 Å². The zero-order valence-electron chi connectivity index (χ0n) is 12.2. The first-order chi connectivity index (χ1) is 9.31. The van der Waals surface area contributed by atoms with Gasteiger partial charge in [0.1, 0.15) is 5.75 Å². The molecule has 1 aliphatic heterocycles. The van der Waals surface area contributed by atoms with Gasteiger partial charge in [-0.15, -0.1) is 0 Å². The molecule has 1 heterocycles. The minimum absolute atomic E-state index is 0.720. The molecule has 1 aliphatic rings. The first-order valence-corrected chi connectivity index (χ1v) is 7.45. The normalized spacial score (nSPS) is 19.2. The van der Waals surface area contributed by atoms with E-state index in [-0.39, 0.29) is 0 Å². The second-order valence-electron chi connectivity index (χ2n) is 5.32. The van der Waals surface area contributed by atoms with E-state index in [1.165, 1.54) is 38.0 Å². The third-order valence-electron chi connectivity index (χ3n) is 3.85. The number of anilines is 1. The molecule has 0 amide bonds. The van der Waals surface area contributed by atoms with Crippen molar-refractivity contribution in [2.45, 2.75) is 26.2 Å². The molecule has 0 saturated carbocycles. The zero-order chi connectivity index (χ0) is 13.5. The Kier molecular flexibility index (Phi) is 5.52. The Morgan fingerprint density at radius 1 is 1.37 bits per heavy atom. The van der Waals surface area contributed by atoms with Crippen LogP contribution in [0.25, 0.3) is 0 Å². The largest absolute Gasteiger partial charge is 0.492 e. The van der Waals surface area contributed by atoms with Crippen LogP contribution >= 0.6 is 0 Å². The van der Waals surface area contributed by atoms with Crippen molar-refractivity contribution in [2.75, 3.05) is 38.2 Å². The van der Waals surface area contributed by atoms with Crippen LogP contribution in [0.5, 0.6) is 5.75 Å². The van der Waals surface area contributed by atoms with Crippen molar-refractivity contribution in [3.05, 3.63) is 24.3 Å². The smallest absolute Gasteiger partial charge is 0.142 e. The molecule has 0 spiro atoms. The van der Waals surface area contributed by atoms with E-state index in [4.69, 9.17) is 4.74 Å². The maximum Gasteiger partial charge on any atom is 0.142 e. The van der Waals surface area contributed by atoms with Gasteiger partial charge in [-0.25, -0.2) is 0 Å². The fourth-order valence-electron chi connectivity index (χ4n) is 2.72. The third-order valence-corrected chi connectivity index (χ3v) is 3.85. The molecular weight excluding hydrogens is 236 g/mol. The number of piperidine rings is 1. The number of hydrogen-bond donors (Lipinski definition) is 1. The SMILES string of the molecule is CCOc1ccccc1N(C)CCC1CCCNC1. The highest BCUT2D eigenvalue weighted by Crippen LogP contribution is 2.27. The number of hydrogen-bond acceptors (Lipinski definition) is 3. The van der Waals surface area contributed by atoms with E-state index >= 15 is 0 Å². The van der Waals surface area contributed by atoms with Gasteiger partial charge in [0.2, 0.25) is 0 Å². The highest BCUT2D eigenvalue weighted by atomic mass is 16.5. The molecule has 3 nitrogen and oxygen atoms in total. The van der Waals surface area contributed by atoms with Crippen LogP contribution in [0.1, 0.15) is 26.2 Å². The van der Waals surface area contributed by atoms with E-state index in [0.29, 0.717) is 0 Å². The summed E-state index contributed by atoms with van der Waals surface area (Å²) in [6, 6.07) is 8.31. The van der Waals surface area contributed by atoms with E-state index in [2.05, 4.69) is 35.5 Å². The second kappa shape index (κ2) is 7.39. The standard InChI is InChI=1S/C16H26N2O/c1-3-19-16-9-5-4-8-15(16)18(2)12-10-14-7-6-11-17-13-14/h4-5,8-9,14,17H,3,6-7,10-13H2,1-2H3. The van der Waals surface area contributed by atoms with E-state index in [1.807, 2.05) is 13.0 Å². The lowest BCUT2D eigenvalue weighted by Gasteiger charge is -2.27. The first-order valence-electron chi connectivity index (χ1n) is 7.45. The number of rotatable bonds is 6. The van der Waals surface area contributed by atoms with Crippen LogP contribution in [0.3, 0.4) is 0 Å². The topological polar surface area (TPSA) is 24.5 Å². The summed E-state index contributed by atoms with van der Waals surface area (Å²) in [5.74, 6) is 1.82. The van der Waals surface area contributed by atoms with Crippen LogP contribution < -0.4 is 15.0 Å². The predicted octanol–water partition coefficient (Wildman–Crippen LogP) is 2.91. The van der Waals surface area contributed by atoms with Gasteiger partial charge in [-0.05, 0) is 57.3 Å². The Bertz CT molecular complexity index is 375. The molecule has 0 aromatic heterocycles. The van der Waals surface area contributed by atoms with Crippen LogP contribution in [-0.4, -0.2) is 33.3 Å². The Morgan fingerprint density at radius 3 is 2.95 bits per heavy atom. The lowest BCUT2D eigenvalue weighted by Crippen LogP contribution is -2.32. The van der Waals surface area contributed by atoms with Gasteiger partial charge in [-0.1, -0.05) is 12.1 Å². The highest BCUT2D eigenvalue weighted by Gasteiger charge is 2.14. The zero-order valence-corrected chi connectivity index (χ0v) is 12.2. The van der Waals surface area contributed by atoms with Crippen LogP contribution in [0.4, 0.5) is 5.69 Å². The summed E-state index contributed by atoms with van der Waals surface area (Å²) in [5.41, 5.74) is 1.20. The number of benzene rings is 1. The number of ether oxygens (including phenoxy) is 1. The summed E-state index contributed by atoms with van der Waals surface area (Å²) in [7, 11) is 2.16. The Morgan fingerprint density at radius 2 is 2.21 bits per heavy atom. The third kappa shape index (κ3) is 4.13. The molecule has 1 N–H and O–H groups in total. The molecule has 1 aromatic rings. The van der Waals surface area contributed by atoms with Gasteiger partial charge in [0, 0.05) is 13.6 Å². The van der Waals surface area contributed by atoms with E-state index in [9.17, 15) is 0 Å². The van der Waals surface area contributed by atoms with Gasteiger partial charge in [-0.2, -0.15) is 0 Å². The monoisotopic (exact) mass is 262 g/mol. The minimum Gasteiger partial charge on any atom is -0.492 e. The maximum atomic E-state index is 5.70. The summed E-state index contributed by atoms with van der Waals surface area (Å²) in [4.78, 5) is 2.32. The molecular formula is C16H26N2O.